The zero-order chi connectivity index (χ0) is 24.5. The Kier molecular flexibility index (Phi) is 8.98. The van der Waals surface area contributed by atoms with Gasteiger partial charge in [0.2, 0.25) is 0 Å². The highest BCUT2D eigenvalue weighted by Crippen LogP contribution is 2.40. The summed E-state index contributed by atoms with van der Waals surface area (Å²) in [6, 6.07) is 21.1. The zero-order valence-corrected chi connectivity index (χ0v) is 21.0. The van der Waals surface area contributed by atoms with E-state index in [1.807, 2.05) is 31.2 Å². The molecule has 1 aliphatic rings. The minimum Gasteiger partial charge on any atom is -0.494 e. The van der Waals surface area contributed by atoms with Crippen molar-refractivity contribution in [1.82, 2.24) is 4.98 Å². The van der Waals surface area contributed by atoms with Gasteiger partial charge in [-0.25, -0.2) is 5.06 Å². The molecule has 1 aliphatic carbocycles. The molecule has 1 fully saturated rings. The number of nitrogens with zero attached hydrogens (tertiary/aromatic N) is 2. The summed E-state index contributed by atoms with van der Waals surface area (Å²) >= 11 is 0. The zero-order valence-electron chi connectivity index (χ0n) is 21.0. The van der Waals surface area contributed by atoms with E-state index in [4.69, 9.17) is 19.0 Å². The van der Waals surface area contributed by atoms with Gasteiger partial charge in [0, 0.05) is 13.3 Å². The van der Waals surface area contributed by atoms with Gasteiger partial charge in [0.05, 0.1) is 33.0 Å². The van der Waals surface area contributed by atoms with Gasteiger partial charge >= 0.3 is 0 Å². The number of ether oxygens (including phenoxy) is 3. The van der Waals surface area contributed by atoms with Gasteiger partial charge in [-0.3, -0.25) is 9.82 Å². The molecule has 0 amide bonds. The molecule has 35 heavy (non-hydrogen) atoms. The molecule has 3 aromatic rings. The van der Waals surface area contributed by atoms with E-state index in [0.717, 1.165) is 48.4 Å². The van der Waals surface area contributed by atoms with Gasteiger partial charge in [0.15, 0.2) is 5.75 Å². The van der Waals surface area contributed by atoms with Gasteiger partial charge < -0.3 is 14.2 Å². The van der Waals surface area contributed by atoms with E-state index in [2.05, 4.69) is 46.4 Å². The molecule has 6 heteroatoms. The van der Waals surface area contributed by atoms with Crippen LogP contribution >= 0.6 is 0 Å². The van der Waals surface area contributed by atoms with Crippen molar-refractivity contribution in [3.05, 3.63) is 83.7 Å². The highest BCUT2D eigenvalue weighted by Gasteiger charge is 2.30. The maximum atomic E-state index is 6.48. The Morgan fingerprint density at radius 2 is 1.63 bits per heavy atom. The van der Waals surface area contributed by atoms with Crippen molar-refractivity contribution >= 4 is 5.69 Å². The number of hydrogen-bond acceptors (Lipinski definition) is 6. The number of hydroxylamine groups is 1. The maximum Gasteiger partial charge on any atom is 0.168 e. The summed E-state index contributed by atoms with van der Waals surface area (Å²) in [6.07, 6.45) is 6.05. The first-order valence-electron chi connectivity index (χ1n) is 12.4. The molecule has 0 spiro atoms. The standard InChI is InChI=1S/C29H36N2O4/c1-4-34-26-16-12-24(13-17-26)23-10-14-25(15-11-23)31(35-20-22-8-6-5-7-9-22)28-18-19-30-27(21-32-2)29(28)33-3/h5-9,12-13,16-19,23,25H,4,10-11,14-15,20-21H2,1-3H3. The molecular weight excluding hydrogens is 440 g/mol. The van der Waals surface area contributed by atoms with Gasteiger partial charge in [-0.05, 0) is 67.9 Å². The monoisotopic (exact) mass is 476 g/mol. The van der Waals surface area contributed by atoms with Gasteiger partial charge in [-0.2, -0.15) is 0 Å². The van der Waals surface area contributed by atoms with E-state index in [1.165, 1.54) is 5.56 Å². The third-order valence-electron chi connectivity index (χ3n) is 6.58. The molecule has 2 aromatic carbocycles. The van der Waals surface area contributed by atoms with Crippen LogP contribution in [-0.2, 0) is 22.8 Å². The minimum absolute atomic E-state index is 0.240. The number of pyridine rings is 1. The van der Waals surface area contributed by atoms with Gasteiger partial charge in [0.1, 0.15) is 17.1 Å². The maximum absolute atomic E-state index is 6.48. The summed E-state index contributed by atoms with van der Waals surface area (Å²) in [7, 11) is 3.34. The Labute approximate surface area is 208 Å². The van der Waals surface area contributed by atoms with E-state index in [9.17, 15) is 0 Å². The number of benzene rings is 2. The van der Waals surface area contributed by atoms with Gasteiger partial charge in [-0.15, -0.1) is 0 Å². The molecule has 0 atom stereocenters. The molecule has 6 nitrogen and oxygen atoms in total. The molecule has 0 N–H and O–H groups in total. The van der Waals surface area contributed by atoms with E-state index in [-0.39, 0.29) is 6.04 Å². The highest BCUT2D eigenvalue weighted by molar-refractivity contribution is 5.59. The summed E-state index contributed by atoms with van der Waals surface area (Å²) in [5, 5.41) is 2.06. The second-order valence-corrected chi connectivity index (χ2v) is 8.84. The Bertz CT molecular complexity index is 1030. The van der Waals surface area contributed by atoms with Gasteiger partial charge in [-0.1, -0.05) is 42.5 Å². The fourth-order valence-electron chi connectivity index (χ4n) is 4.85. The number of hydrogen-bond donors (Lipinski definition) is 0. The molecule has 0 unspecified atom stereocenters. The predicted molar refractivity (Wildman–Crippen MR) is 138 cm³/mol. The Balaban J connectivity index is 1.52. The lowest BCUT2D eigenvalue weighted by Crippen LogP contribution is -2.38. The van der Waals surface area contributed by atoms with Gasteiger partial charge in [0.25, 0.3) is 0 Å². The van der Waals surface area contributed by atoms with Crippen molar-refractivity contribution in [2.24, 2.45) is 0 Å². The lowest BCUT2D eigenvalue weighted by molar-refractivity contribution is 0.0611. The second kappa shape index (κ2) is 12.6. The second-order valence-electron chi connectivity index (χ2n) is 8.84. The molecule has 0 saturated heterocycles. The largest absolute Gasteiger partial charge is 0.494 e. The smallest absolute Gasteiger partial charge is 0.168 e. The number of aromatic nitrogens is 1. The molecule has 4 rings (SSSR count). The van der Waals surface area contributed by atoms with E-state index < -0.39 is 0 Å². The average Bonchev–Trinajstić information content (AvgIpc) is 2.91. The summed E-state index contributed by atoms with van der Waals surface area (Å²) in [4.78, 5) is 11.0. The van der Waals surface area contributed by atoms with E-state index in [0.29, 0.717) is 31.5 Å². The first-order valence-corrected chi connectivity index (χ1v) is 12.4. The van der Waals surface area contributed by atoms with Crippen LogP contribution < -0.4 is 14.5 Å². The van der Waals surface area contributed by atoms with Crippen LogP contribution in [0.4, 0.5) is 5.69 Å². The van der Waals surface area contributed by atoms with Crippen molar-refractivity contribution in [3.63, 3.8) is 0 Å². The molecule has 0 radical (unpaired) electrons. The molecule has 1 saturated carbocycles. The lowest BCUT2D eigenvalue weighted by atomic mass is 9.81. The van der Waals surface area contributed by atoms with Crippen LogP contribution in [0.2, 0.25) is 0 Å². The molecule has 0 aliphatic heterocycles. The number of anilines is 1. The van der Waals surface area contributed by atoms with Crippen LogP contribution in [0.1, 0.15) is 55.3 Å². The Morgan fingerprint density at radius 3 is 2.29 bits per heavy atom. The van der Waals surface area contributed by atoms with E-state index >= 15 is 0 Å². The van der Waals surface area contributed by atoms with Crippen molar-refractivity contribution in [3.8, 4) is 11.5 Å². The summed E-state index contributed by atoms with van der Waals surface area (Å²) < 4.78 is 16.8. The molecule has 1 aromatic heterocycles. The minimum atomic E-state index is 0.240. The molecule has 1 heterocycles. The first kappa shape index (κ1) is 25.0. The molecule has 186 valence electrons. The van der Waals surface area contributed by atoms with Crippen LogP contribution in [0.25, 0.3) is 0 Å². The predicted octanol–water partition coefficient (Wildman–Crippen LogP) is 6.30. The SMILES string of the molecule is CCOc1ccc(C2CCC(N(OCc3ccccc3)c3ccnc(COC)c3OC)CC2)cc1. The highest BCUT2D eigenvalue weighted by atomic mass is 16.7. The average molecular weight is 477 g/mol. The first-order chi connectivity index (χ1) is 17.2. The van der Waals surface area contributed by atoms with Crippen molar-refractivity contribution in [1.29, 1.82) is 0 Å². The lowest BCUT2D eigenvalue weighted by Gasteiger charge is -2.38. The summed E-state index contributed by atoms with van der Waals surface area (Å²) in [5.74, 6) is 2.18. The van der Waals surface area contributed by atoms with Crippen molar-refractivity contribution in [2.45, 2.75) is 57.8 Å². The fraction of sp³-hybridized carbons (Fsp3) is 0.414. The van der Waals surface area contributed by atoms with Crippen LogP contribution in [0.3, 0.4) is 0 Å². The van der Waals surface area contributed by atoms with Crippen molar-refractivity contribution in [2.75, 3.05) is 25.9 Å². The van der Waals surface area contributed by atoms with Crippen LogP contribution in [0.5, 0.6) is 11.5 Å². The topological polar surface area (TPSA) is 53.1 Å². The Hall–Kier alpha value is -3.09. The summed E-state index contributed by atoms with van der Waals surface area (Å²) in [5.41, 5.74) is 4.18. The third kappa shape index (κ3) is 6.32. The van der Waals surface area contributed by atoms with Crippen molar-refractivity contribution < 1.29 is 19.0 Å². The van der Waals surface area contributed by atoms with E-state index in [1.54, 1.807) is 20.4 Å². The molecular formula is C29H36N2O4. The van der Waals surface area contributed by atoms with Crippen LogP contribution in [-0.4, -0.2) is 31.9 Å². The number of rotatable bonds is 11. The fourth-order valence-corrected chi connectivity index (χ4v) is 4.85. The normalized spacial score (nSPS) is 17.7. The van der Waals surface area contributed by atoms with Crippen LogP contribution in [0, 0.1) is 0 Å². The quantitative estimate of drug-likeness (QED) is 0.303. The number of methoxy groups -OCH3 is 2. The third-order valence-corrected chi connectivity index (χ3v) is 6.58. The molecule has 0 bridgehead atoms. The summed E-state index contributed by atoms with van der Waals surface area (Å²) in [6.45, 7) is 3.57. The Morgan fingerprint density at radius 1 is 0.886 bits per heavy atom. The van der Waals surface area contributed by atoms with Crippen LogP contribution in [0.15, 0.2) is 66.9 Å².